The second-order valence-corrected chi connectivity index (χ2v) is 4.41. The Morgan fingerprint density at radius 2 is 1.73 bits per heavy atom. The summed E-state index contributed by atoms with van der Waals surface area (Å²) >= 11 is 0. The minimum absolute atomic E-state index is 0.141. The first-order chi connectivity index (χ1) is 7.00. The van der Waals surface area contributed by atoms with E-state index in [1.165, 1.54) is 6.07 Å². The quantitative estimate of drug-likeness (QED) is 0.720. The molecule has 0 saturated heterocycles. The second kappa shape index (κ2) is 3.22. The van der Waals surface area contributed by atoms with Gasteiger partial charge in [0.05, 0.1) is 0 Å². The Hall–Kier alpha value is -1.59. The van der Waals surface area contributed by atoms with Gasteiger partial charge < -0.3 is 5.11 Å². The average Bonchev–Trinajstić information content (AvgIpc) is 2.17. The summed E-state index contributed by atoms with van der Waals surface area (Å²) in [6.45, 7) is 0. The van der Waals surface area contributed by atoms with Crippen LogP contribution in [0.15, 0.2) is 35.2 Å². The first kappa shape index (κ1) is 9.95. The van der Waals surface area contributed by atoms with Gasteiger partial charge in [0.2, 0.25) is 0 Å². The molecule has 0 fully saturated rings. The van der Waals surface area contributed by atoms with Gasteiger partial charge in [-0.05, 0) is 6.07 Å². The van der Waals surface area contributed by atoms with Crippen molar-refractivity contribution >= 4 is 20.9 Å². The minimum atomic E-state index is -4.29. The summed E-state index contributed by atoms with van der Waals surface area (Å²) in [4.78, 5) is -0.254. The summed E-state index contributed by atoms with van der Waals surface area (Å²) in [7, 11) is -4.29. The van der Waals surface area contributed by atoms with E-state index in [9.17, 15) is 13.5 Å². The molecule has 5 heteroatoms. The Labute approximate surface area is 86.5 Å². The van der Waals surface area contributed by atoms with Crippen molar-refractivity contribution in [2.45, 2.75) is 4.90 Å². The van der Waals surface area contributed by atoms with Gasteiger partial charge in [0.25, 0.3) is 10.1 Å². The maximum atomic E-state index is 11.0. The molecule has 0 aliphatic carbocycles. The molecule has 0 aliphatic rings. The van der Waals surface area contributed by atoms with Crippen molar-refractivity contribution in [2.24, 2.45) is 0 Å². The normalized spacial score (nSPS) is 11.8. The molecule has 0 saturated carbocycles. The minimum Gasteiger partial charge on any atom is -0.507 e. The fourth-order valence-electron chi connectivity index (χ4n) is 1.41. The molecule has 2 N–H and O–H groups in total. The van der Waals surface area contributed by atoms with E-state index in [4.69, 9.17) is 4.55 Å². The third kappa shape index (κ3) is 1.67. The molecule has 2 aromatic carbocycles. The van der Waals surface area contributed by atoms with Crippen molar-refractivity contribution in [3.63, 3.8) is 0 Å². The van der Waals surface area contributed by atoms with Crippen LogP contribution in [-0.2, 0) is 10.1 Å². The van der Waals surface area contributed by atoms with E-state index in [-0.39, 0.29) is 16.0 Å². The van der Waals surface area contributed by atoms with Crippen molar-refractivity contribution in [2.75, 3.05) is 0 Å². The standard InChI is InChI=1S/C10H7O4S/c11-9-5-6-10(15(12,13)14)8-4-2-1-3-7(8)9/h1-4,6,11H,(H,12,13,14). The van der Waals surface area contributed by atoms with Crippen LogP contribution in [0, 0.1) is 6.07 Å². The molecular formula is C10H7O4S. The fraction of sp³-hybridized carbons (Fsp3) is 0. The predicted octanol–water partition coefficient (Wildman–Crippen LogP) is 1.59. The molecule has 0 amide bonds. The summed E-state index contributed by atoms with van der Waals surface area (Å²) in [6, 6.07) is 9.75. The zero-order valence-electron chi connectivity index (χ0n) is 7.51. The van der Waals surface area contributed by atoms with Gasteiger partial charge in [-0.1, -0.05) is 24.3 Å². The molecule has 0 heterocycles. The van der Waals surface area contributed by atoms with Gasteiger partial charge in [0.15, 0.2) is 0 Å². The van der Waals surface area contributed by atoms with Crippen LogP contribution in [0.1, 0.15) is 0 Å². The highest BCUT2D eigenvalue weighted by Crippen LogP contribution is 2.29. The SMILES string of the molecule is O=S(=O)(O)c1c[c]c(O)c2ccccc12. The monoisotopic (exact) mass is 223 g/mol. The molecule has 0 bridgehead atoms. The van der Waals surface area contributed by atoms with Crippen LogP contribution in [0.25, 0.3) is 10.8 Å². The van der Waals surface area contributed by atoms with E-state index in [1.807, 2.05) is 0 Å². The van der Waals surface area contributed by atoms with E-state index < -0.39 is 10.1 Å². The van der Waals surface area contributed by atoms with Gasteiger partial charge in [-0.3, -0.25) is 4.55 Å². The van der Waals surface area contributed by atoms with E-state index in [0.717, 1.165) is 6.07 Å². The zero-order valence-corrected chi connectivity index (χ0v) is 8.32. The largest absolute Gasteiger partial charge is 0.507 e. The van der Waals surface area contributed by atoms with Gasteiger partial charge in [-0.15, -0.1) is 0 Å². The fourth-order valence-corrected chi connectivity index (χ4v) is 2.07. The summed E-state index contributed by atoms with van der Waals surface area (Å²) in [6.07, 6.45) is 0. The van der Waals surface area contributed by atoms with Crippen molar-refractivity contribution in [1.82, 2.24) is 0 Å². The number of hydrogen-bond donors (Lipinski definition) is 2. The Bertz CT molecular complexity index is 616. The lowest BCUT2D eigenvalue weighted by atomic mass is 10.1. The molecule has 15 heavy (non-hydrogen) atoms. The smallest absolute Gasteiger partial charge is 0.295 e. The number of rotatable bonds is 1. The maximum Gasteiger partial charge on any atom is 0.295 e. The average molecular weight is 223 g/mol. The van der Waals surface area contributed by atoms with Crippen LogP contribution in [0.4, 0.5) is 0 Å². The lowest BCUT2D eigenvalue weighted by Gasteiger charge is -2.04. The number of aromatic hydroxyl groups is 1. The third-order valence-electron chi connectivity index (χ3n) is 2.07. The Balaban J connectivity index is 2.96. The predicted molar refractivity (Wildman–Crippen MR) is 54.3 cm³/mol. The number of phenolic OH excluding ortho intramolecular Hbond substituents is 1. The highest BCUT2D eigenvalue weighted by molar-refractivity contribution is 7.86. The van der Waals surface area contributed by atoms with Crippen molar-refractivity contribution in [1.29, 1.82) is 0 Å². The molecule has 77 valence electrons. The van der Waals surface area contributed by atoms with E-state index in [0.29, 0.717) is 5.39 Å². The molecular weight excluding hydrogens is 216 g/mol. The van der Waals surface area contributed by atoms with Gasteiger partial charge in [0.1, 0.15) is 10.6 Å². The summed E-state index contributed by atoms with van der Waals surface area (Å²) in [5.41, 5.74) is 0. The molecule has 4 nitrogen and oxygen atoms in total. The lowest BCUT2D eigenvalue weighted by molar-refractivity contribution is 0.478. The molecule has 0 spiro atoms. The van der Waals surface area contributed by atoms with Crippen LogP contribution in [0.3, 0.4) is 0 Å². The number of fused-ring (bicyclic) bond motifs is 1. The summed E-state index contributed by atoms with van der Waals surface area (Å²) < 4.78 is 31.0. The maximum absolute atomic E-state index is 11.0. The molecule has 2 aromatic rings. The molecule has 0 atom stereocenters. The summed E-state index contributed by atoms with van der Waals surface area (Å²) in [5.74, 6) is -0.141. The Kier molecular flexibility index (Phi) is 2.13. The van der Waals surface area contributed by atoms with E-state index in [2.05, 4.69) is 6.07 Å². The molecule has 0 unspecified atom stereocenters. The number of hydrogen-bond acceptors (Lipinski definition) is 3. The Morgan fingerprint density at radius 1 is 1.13 bits per heavy atom. The van der Waals surface area contributed by atoms with Crippen molar-refractivity contribution in [3.05, 3.63) is 36.4 Å². The van der Waals surface area contributed by atoms with Gasteiger partial charge in [-0.2, -0.15) is 8.42 Å². The van der Waals surface area contributed by atoms with Gasteiger partial charge in [0, 0.05) is 16.8 Å². The summed E-state index contributed by atoms with van der Waals surface area (Å²) in [5, 5.41) is 10.0. The third-order valence-corrected chi connectivity index (χ3v) is 2.96. The zero-order chi connectivity index (χ0) is 11.1. The highest BCUT2D eigenvalue weighted by atomic mass is 32.2. The number of benzene rings is 2. The highest BCUT2D eigenvalue weighted by Gasteiger charge is 2.15. The van der Waals surface area contributed by atoms with Crippen LogP contribution < -0.4 is 0 Å². The first-order valence-electron chi connectivity index (χ1n) is 4.10. The molecule has 1 radical (unpaired) electrons. The lowest BCUT2D eigenvalue weighted by Crippen LogP contribution is -1.98. The van der Waals surface area contributed by atoms with Crippen molar-refractivity contribution in [3.8, 4) is 5.75 Å². The number of phenols is 1. The van der Waals surface area contributed by atoms with E-state index in [1.54, 1.807) is 18.2 Å². The van der Waals surface area contributed by atoms with E-state index >= 15 is 0 Å². The van der Waals surface area contributed by atoms with Crippen LogP contribution in [-0.4, -0.2) is 18.1 Å². The first-order valence-corrected chi connectivity index (χ1v) is 5.54. The Morgan fingerprint density at radius 3 is 2.33 bits per heavy atom. The van der Waals surface area contributed by atoms with Crippen molar-refractivity contribution < 1.29 is 18.1 Å². The molecule has 2 rings (SSSR count). The molecule has 0 aromatic heterocycles. The van der Waals surface area contributed by atoms with Gasteiger partial charge in [-0.25, -0.2) is 0 Å². The van der Waals surface area contributed by atoms with Gasteiger partial charge >= 0.3 is 0 Å². The second-order valence-electron chi connectivity index (χ2n) is 3.02. The van der Waals surface area contributed by atoms with Crippen LogP contribution in [0.2, 0.25) is 0 Å². The van der Waals surface area contributed by atoms with Crippen LogP contribution in [0.5, 0.6) is 5.75 Å². The van der Waals surface area contributed by atoms with Crippen LogP contribution >= 0.6 is 0 Å². The molecule has 0 aliphatic heterocycles. The topological polar surface area (TPSA) is 74.6 Å².